The molecule has 0 radical (unpaired) electrons. The number of hydrogen-bond acceptors (Lipinski definition) is 4. The maximum Gasteiger partial charge on any atom is 0.185 e. The largest absolute Gasteiger partial charge is 0.493 e. The Morgan fingerprint density at radius 3 is 2.93 bits per heavy atom. The van der Waals surface area contributed by atoms with Crippen LogP contribution >= 0.6 is 0 Å². The van der Waals surface area contributed by atoms with E-state index in [0.717, 1.165) is 18.0 Å². The van der Waals surface area contributed by atoms with Crippen molar-refractivity contribution in [3.63, 3.8) is 0 Å². The van der Waals surface area contributed by atoms with Gasteiger partial charge in [0.1, 0.15) is 6.10 Å². The van der Waals surface area contributed by atoms with Crippen LogP contribution in [-0.4, -0.2) is 49.8 Å². The zero-order valence-electron chi connectivity index (χ0n) is 17.0. The first-order valence-electron chi connectivity index (χ1n) is 11.0. The van der Waals surface area contributed by atoms with Crippen molar-refractivity contribution in [2.45, 2.75) is 76.0 Å². The smallest absolute Gasteiger partial charge is 0.185 e. The summed E-state index contributed by atoms with van der Waals surface area (Å²) in [7, 11) is 1.77. The summed E-state index contributed by atoms with van der Waals surface area (Å²) in [4.78, 5) is 5.61. The number of benzene rings is 1. The van der Waals surface area contributed by atoms with E-state index in [2.05, 4.69) is 35.8 Å². The van der Waals surface area contributed by atoms with Gasteiger partial charge >= 0.3 is 0 Å². The molecule has 6 rings (SSSR count). The zero-order valence-corrected chi connectivity index (χ0v) is 17.0. The number of fused-ring (bicyclic) bond motifs is 1. The van der Waals surface area contributed by atoms with Gasteiger partial charge < -0.3 is 14.4 Å². The molecule has 1 aromatic rings. The van der Waals surface area contributed by atoms with Gasteiger partial charge in [-0.05, 0) is 75.6 Å². The molecule has 5 aliphatic rings. The minimum absolute atomic E-state index is 0.221. The molecule has 0 bridgehead atoms. The highest BCUT2D eigenvalue weighted by molar-refractivity contribution is 5.78. The molecule has 0 N–H and O–H groups in total. The minimum atomic E-state index is 0.221. The lowest BCUT2D eigenvalue weighted by molar-refractivity contribution is -0.0347. The van der Waals surface area contributed by atoms with Gasteiger partial charge in [0.05, 0.1) is 19.3 Å². The first-order valence-corrected chi connectivity index (χ1v) is 11.0. The minimum Gasteiger partial charge on any atom is -0.493 e. The van der Waals surface area contributed by atoms with Crippen molar-refractivity contribution in [2.75, 3.05) is 31.6 Å². The Balaban J connectivity index is 1.60. The Labute approximate surface area is 162 Å². The van der Waals surface area contributed by atoms with Gasteiger partial charge in [0, 0.05) is 17.5 Å². The SMILES string of the molecule is CC[C@@]12CCCN3CC[C@]4(c5ccc(OC)c6c5N(CC(C)O6)[C@@H]4CC1)[C@H]32. The summed E-state index contributed by atoms with van der Waals surface area (Å²) in [6.07, 6.45) is 8.39. The number of rotatable bonds is 2. The van der Waals surface area contributed by atoms with Crippen LogP contribution in [-0.2, 0) is 5.41 Å². The summed E-state index contributed by atoms with van der Waals surface area (Å²) in [6.45, 7) is 8.25. The summed E-state index contributed by atoms with van der Waals surface area (Å²) in [5.41, 5.74) is 3.75. The van der Waals surface area contributed by atoms with Crippen LogP contribution in [0.15, 0.2) is 12.1 Å². The number of piperidine rings is 1. The normalized spacial score (nSPS) is 41.6. The Kier molecular flexibility index (Phi) is 3.27. The van der Waals surface area contributed by atoms with Crippen molar-refractivity contribution in [1.29, 1.82) is 0 Å². The van der Waals surface area contributed by atoms with E-state index >= 15 is 0 Å². The van der Waals surface area contributed by atoms with Crippen molar-refractivity contribution < 1.29 is 9.47 Å². The molecular weight excluding hydrogens is 336 g/mol. The van der Waals surface area contributed by atoms with Gasteiger partial charge in [-0.15, -0.1) is 0 Å². The Morgan fingerprint density at radius 2 is 2.11 bits per heavy atom. The molecule has 1 aliphatic carbocycles. The first kappa shape index (κ1) is 16.5. The maximum absolute atomic E-state index is 6.36. The summed E-state index contributed by atoms with van der Waals surface area (Å²) in [5.74, 6) is 1.91. The predicted molar refractivity (Wildman–Crippen MR) is 107 cm³/mol. The molecule has 0 aromatic heterocycles. The predicted octanol–water partition coefficient (Wildman–Crippen LogP) is 3.96. The van der Waals surface area contributed by atoms with Gasteiger partial charge in [-0.25, -0.2) is 0 Å². The third kappa shape index (κ3) is 1.79. The molecule has 3 fully saturated rings. The van der Waals surface area contributed by atoms with Crippen LogP contribution in [0.2, 0.25) is 0 Å². The lowest BCUT2D eigenvalue weighted by atomic mass is 9.52. The van der Waals surface area contributed by atoms with Gasteiger partial charge in [0.15, 0.2) is 11.5 Å². The van der Waals surface area contributed by atoms with Crippen molar-refractivity contribution in [3.8, 4) is 11.5 Å². The van der Waals surface area contributed by atoms with Crippen LogP contribution in [0, 0.1) is 5.41 Å². The van der Waals surface area contributed by atoms with E-state index in [1.165, 1.54) is 57.3 Å². The fourth-order valence-corrected chi connectivity index (χ4v) is 7.98. The fourth-order valence-electron chi connectivity index (χ4n) is 7.98. The average molecular weight is 369 g/mol. The molecule has 4 nitrogen and oxygen atoms in total. The highest BCUT2D eigenvalue weighted by Crippen LogP contribution is 2.67. The number of methoxy groups -OCH3 is 1. The van der Waals surface area contributed by atoms with Gasteiger partial charge in [0.2, 0.25) is 0 Å². The lowest BCUT2D eigenvalue weighted by Gasteiger charge is -2.59. The van der Waals surface area contributed by atoms with Crippen molar-refractivity contribution in [1.82, 2.24) is 4.90 Å². The molecule has 4 heterocycles. The molecule has 1 unspecified atom stereocenters. The molecule has 1 saturated carbocycles. The zero-order chi connectivity index (χ0) is 18.4. The third-order valence-electron chi connectivity index (χ3n) is 8.83. The first-order chi connectivity index (χ1) is 13.1. The lowest BCUT2D eigenvalue weighted by Crippen LogP contribution is -2.65. The van der Waals surface area contributed by atoms with Crippen LogP contribution in [0.5, 0.6) is 11.5 Å². The molecule has 5 atom stereocenters. The molecule has 4 heteroatoms. The van der Waals surface area contributed by atoms with Crippen LogP contribution in [0.4, 0.5) is 5.69 Å². The molecule has 1 spiro atoms. The maximum atomic E-state index is 6.36. The standard InChI is InChI=1S/C23H32N2O2/c1-4-22-9-5-12-24-13-11-23(21(22)24)16-6-7-17(26-3)20-19(16)25(14-15(2)27-20)18(23)8-10-22/h6-7,15,18,21H,4-5,8-14H2,1-3H3/t15?,18-,21-,22-,23-/m1/s1. The molecular formula is C23H32N2O2. The van der Waals surface area contributed by atoms with Gasteiger partial charge in [-0.1, -0.05) is 13.0 Å². The molecule has 27 heavy (non-hydrogen) atoms. The Morgan fingerprint density at radius 1 is 1.22 bits per heavy atom. The van der Waals surface area contributed by atoms with E-state index in [4.69, 9.17) is 9.47 Å². The van der Waals surface area contributed by atoms with Crippen molar-refractivity contribution in [2.24, 2.45) is 5.41 Å². The van der Waals surface area contributed by atoms with E-state index in [0.29, 0.717) is 22.9 Å². The monoisotopic (exact) mass is 368 g/mol. The van der Waals surface area contributed by atoms with Crippen molar-refractivity contribution in [3.05, 3.63) is 17.7 Å². The summed E-state index contributed by atoms with van der Waals surface area (Å²) in [5, 5.41) is 0. The van der Waals surface area contributed by atoms with E-state index in [1.54, 1.807) is 12.7 Å². The second-order valence-electron chi connectivity index (χ2n) is 9.68. The van der Waals surface area contributed by atoms with Gasteiger partial charge in [-0.3, -0.25) is 4.90 Å². The second kappa shape index (κ2) is 5.34. The number of hydrogen-bond donors (Lipinski definition) is 0. The third-order valence-corrected chi connectivity index (χ3v) is 8.83. The number of nitrogens with zero attached hydrogens (tertiary/aromatic N) is 2. The van der Waals surface area contributed by atoms with Crippen LogP contribution in [0.1, 0.15) is 57.9 Å². The van der Waals surface area contributed by atoms with Crippen LogP contribution in [0.3, 0.4) is 0 Å². The van der Waals surface area contributed by atoms with Gasteiger partial charge in [-0.2, -0.15) is 0 Å². The van der Waals surface area contributed by atoms with E-state index in [-0.39, 0.29) is 6.10 Å². The fraction of sp³-hybridized carbons (Fsp3) is 0.739. The topological polar surface area (TPSA) is 24.9 Å². The molecule has 146 valence electrons. The summed E-state index contributed by atoms with van der Waals surface area (Å²) < 4.78 is 12.1. The summed E-state index contributed by atoms with van der Waals surface area (Å²) >= 11 is 0. The molecule has 2 saturated heterocycles. The van der Waals surface area contributed by atoms with Crippen molar-refractivity contribution >= 4 is 5.69 Å². The van der Waals surface area contributed by atoms with Crippen LogP contribution < -0.4 is 14.4 Å². The van der Waals surface area contributed by atoms with E-state index in [9.17, 15) is 0 Å². The quantitative estimate of drug-likeness (QED) is 0.789. The molecule has 0 amide bonds. The highest BCUT2D eigenvalue weighted by Gasteiger charge is 2.68. The van der Waals surface area contributed by atoms with E-state index in [1.807, 2.05) is 0 Å². The van der Waals surface area contributed by atoms with E-state index < -0.39 is 0 Å². The average Bonchev–Trinajstić information content (AvgIpc) is 3.21. The summed E-state index contributed by atoms with van der Waals surface area (Å²) in [6, 6.07) is 5.92. The van der Waals surface area contributed by atoms with Crippen LogP contribution in [0.25, 0.3) is 0 Å². The Bertz CT molecular complexity index is 795. The number of anilines is 1. The second-order valence-corrected chi connectivity index (χ2v) is 9.68. The number of ether oxygens (including phenoxy) is 2. The van der Waals surface area contributed by atoms with Gasteiger partial charge in [0.25, 0.3) is 0 Å². The molecule has 4 aliphatic heterocycles. The highest BCUT2D eigenvalue weighted by atomic mass is 16.5. The molecule has 1 aromatic carbocycles. The Hall–Kier alpha value is -1.42.